The molecule has 0 saturated heterocycles. The highest BCUT2D eigenvalue weighted by molar-refractivity contribution is 5.95. The fourth-order valence-corrected chi connectivity index (χ4v) is 1.58. The summed E-state index contributed by atoms with van der Waals surface area (Å²) < 4.78 is 26.3. The van der Waals surface area contributed by atoms with Crippen molar-refractivity contribution in [3.05, 3.63) is 35.4 Å². The monoisotopic (exact) mass is 285 g/mol. The van der Waals surface area contributed by atoms with Crippen LogP contribution in [0.1, 0.15) is 25.5 Å². The smallest absolute Gasteiger partial charge is 0.321 e. The number of urea groups is 1. The lowest BCUT2D eigenvalue weighted by Gasteiger charge is -2.14. The fraction of sp³-hybridized carbons (Fsp3) is 0.385. The first-order chi connectivity index (χ1) is 9.43. The maximum atomic E-state index is 13.5. The van der Waals surface area contributed by atoms with Gasteiger partial charge in [-0.1, -0.05) is 6.07 Å². The largest absolute Gasteiger partial charge is 0.338 e. The Morgan fingerprint density at radius 1 is 1.30 bits per heavy atom. The third-order valence-corrected chi connectivity index (χ3v) is 2.59. The molecule has 1 aromatic carbocycles. The van der Waals surface area contributed by atoms with E-state index in [-0.39, 0.29) is 12.1 Å². The van der Waals surface area contributed by atoms with Crippen molar-refractivity contribution in [2.24, 2.45) is 0 Å². The van der Waals surface area contributed by atoms with Crippen molar-refractivity contribution < 1.29 is 18.4 Å². The molecular weight excluding hydrogens is 268 g/mol. The van der Waals surface area contributed by atoms with Crippen LogP contribution in [0, 0.1) is 11.6 Å². The Morgan fingerprint density at radius 2 is 2.00 bits per heavy atom. The Labute approximate surface area is 115 Å². The average molecular weight is 285 g/mol. The van der Waals surface area contributed by atoms with Crippen LogP contribution >= 0.6 is 0 Å². The van der Waals surface area contributed by atoms with Crippen LogP contribution in [0.25, 0.3) is 0 Å². The molecule has 0 heterocycles. The summed E-state index contributed by atoms with van der Waals surface area (Å²) in [5, 5.41) is 7.27. The number of nitrogens with one attached hydrogen (secondary N) is 3. The summed E-state index contributed by atoms with van der Waals surface area (Å²) in [5.74, 6) is -1.88. The molecule has 0 aliphatic carbocycles. The van der Waals surface area contributed by atoms with Crippen molar-refractivity contribution >= 4 is 11.9 Å². The van der Waals surface area contributed by atoms with Crippen molar-refractivity contribution in [2.75, 3.05) is 13.1 Å². The second-order valence-corrected chi connectivity index (χ2v) is 4.18. The van der Waals surface area contributed by atoms with E-state index < -0.39 is 29.6 Å². The molecule has 110 valence electrons. The van der Waals surface area contributed by atoms with Crippen molar-refractivity contribution in [1.82, 2.24) is 16.0 Å². The predicted molar refractivity (Wildman–Crippen MR) is 70.0 cm³/mol. The second kappa shape index (κ2) is 7.54. The molecule has 0 aliphatic rings. The van der Waals surface area contributed by atoms with Gasteiger partial charge >= 0.3 is 6.03 Å². The van der Waals surface area contributed by atoms with Crippen LogP contribution in [0.15, 0.2) is 18.2 Å². The number of imide groups is 1. The van der Waals surface area contributed by atoms with E-state index in [2.05, 4.69) is 16.0 Å². The Balaban J connectivity index is 2.48. The van der Waals surface area contributed by atoms with Gasteiger partial charge in [0.1, 0.15) is 11.6 Å². The van der Waals surface area contributed by atoms with Gasteiger partial charge in [0.05, 0.1) is 6.54 Å². The number of benzene rings is 1. The number of halogens is 2. The van der Waals surface area contributed by atoms with Crippen LogP contribution in [-0.2, 0) is 4.79 Å². The first kappa shape index (κ1) is 16.0. The van der Waals surface area contributed by atoms with Crippen molar-refractivity contribution in [1.29, 1.82) is 0 Å². The molecule has 5 nitrogen and oxygen atoms in total. The van der Waals surface area contributed by atoms with Gasteiger partial charge < -0.3 is 10.6 Å². The van der Waals surface area contributed by atoms with Gasteiger partial charge in [-0.2, -0.15) is 0 Å². The molecule has 20 heavy (non-hydrogen) atoms. The Hall–Kier alpha value is -2.02. The molecule has 3 amide bonds. The van der Waals surface area contributed by atoms with E-state index in [9.17, 15) is 18.4 Å². The minimum Gasteiger partial charge on any atom is -0.338 e. The third-order valence-electron chi connectivity index (χ3n) is 2.59. The van der Waals surface area contributed by atoms with Gasteiger partial charge in [-0.25, -0.2) is 13.6 Å². The molecule has 0 aliphatic heterocycles. The molecular formula is C13H17F2N3O2. The highest BCUT2D eigenvalue weighted by atomic mass is 19.1. The number of amides is 3. The van der Waals surface area contributed by atoms with E-state index in [1.807, 2.05) is 0 Å². The third kappa shape index (κ3) is 4.93. The van der Waals surface area contributed by atoms with E-state index in [0.29, 0.717) is 6.54 Å². The molecule has 0 saturated carbocycles. The Morgan fingerprint density at radius 3 is 2.60 bits per heavy atom. The SMILES string of the molecule is CCNC(=O)NC(=O)CN[C@H](C)c1ccc(F)cc1F. The standard InChI is InChI=1S/C13H17F2N3O2/c1-3-16-13(20)18-12(19)7-17-8(2)10-5-4-9(14)6-11(10)15/h4-6,8,17H,3,7H2,1-2H3,(H2,16,18,19,20)/t8-/m1/s1. The van der Waals surface area contributed by atoms with E-state index in [1.165, 1.54) is 6.07 Å². The van der Waals surface area contributed by atoms with E-state index in [0.717, 1.165) is 12.1 Å². The van der Waals surface area contributed by atoms with Gasteiger partial charge in [-0.15, -0.1) is 0 Å². The van der Waals surface area contributed by atoms with Crippen molar-refractivity contribution in [3.8, 4) is 0 Å². The van der Waals surface area contributed by atoms with E-state index in [1.54, 1.807) is 13.8 Å². The zero-order chi connectivity index (χ0) is 15.1. The van der Waals surface area contributed by atoms with Crippen LogP contribution in [-0.4, -0.2) is 25.0 Å². The summed E-state index contributed by atoms with van der Waals surface area (Å²) in [6, 6.07) is 2.16. The zero-order valence-electron chi connectivity index (χ0n) is 11.3. The molecule has 0 radical (unpaired) electrons. The van der Waals surface area contributed by atoms with Gasteiger partial charge in [0.25, 0.3) is 0 Å². The number of hydrogen-bond acceptors (Lipinski definition) is 3. The topological polar surface area (TPSA) is 70.2 Å². The van der Waals surface area contributed by atoms with Crippen LogP contribution in [0.4, 0.5) is 13.6 Å². The van der Waals surface area contributed by atoms with Crippen molar-refractivity contribution in [2.45, 2.75) is 19.9 Å². The van der Waals surface area contributed by atoms with Gasteiger partial charge in [-0.3, -0.25) is 10.1 Å². The average Bonchev–Trinajstić information content (AvgIpc) is 2.36. The summed E-state index contributed by atoms with van der Waals surface area (Å²) in [6.07, 6.45) is 0. The summed E-state index contributed by atoms with van der Waals surface area (Å²) in [5.41, 5.74) is 0.247. The summed E-state index contributed by atoms with van der Waals surface area (Å²) in [7, 11) is 0. The molecule has 1 atom stereocenters. The van der Waals surface area contributed by atoms with Gasteiger partial charge in [0.2, 0.25) is 5.91 Å². The number of hydrogen-bond donors (Lipinski definition) is 3. The van der Waals surface area contributed by atoms with E-state index >= 15 is 0 Å². The Kier molecular flexibility index (Phi) is 6.05. The van der Waals surface area contributed by atoms with Crippen LogP contribution in [0.5, 0.6) is 0 Å². The molecule has 0 unspecified atom stereocenters. The summed E-state index contributed by atoms with van der Waals surface area (Å²) >= 11 is 0. The predicted octanol–water partition coefficient (Wildman–Crippen LogP) is 1.46. The molecule has 0 spiro atoms. The first-order valence-electron chi connectivity index (χ1n) is 6.20. The maximum Gasteiger partial charge on any atom is 0.321 e. The van der Waals surface area contributed by atoms with Crippen LogP contribution < -0.4 is 16.0 Å². The number of carbonyl (C=O) groups is 2. The highest BCUT2D eigenvalue weighted by Gasteiger charge is 2.13. The van der Waals surface area contributed by atoms with Crippen LogP contribution in [0.3, 0.4) is 0 Å². The molecule has 3 N–H and O–H groups in total. The minimum absolute atomic E-state index is 0.158. The van der Waals surface area contributed by atoms with Crippen LogP contribution in [0.2, 0.25) is 0 Å². The fourth-order valence-electron chi connectivity index (χ4n) is 1.58. The summed E-state index contributed by atoms with van der Waals surface area (Å²) in [6.45, 7) is 3.61. The first-order valence-corrected chi connectivity index (χ1v) is 6.20. The quantitative estimate of drug-likeness (QED) is 0.767. The van der Waals surface area contributed by atoms with Crippen molar-refractivity contribution in [3.63, 3.8) is 0 Å². The zero-order valence-corrected chi connectivity index (χ0v) is 11.3. The molecule has 0 bridgehead atoms. The number of rotatable bonds is 5. The molecule has 1 aromatic rings. The van der Waals surface area contributed by atoms with Gasteiger partial charge in [0.15, 0.2) is 0 Å². The molecule has 1 rings (SSSR count). The second-order valence-electron chi connectivity index (χ2n) is 4.18. The molecule has 7 heteroatoms. The minimum atomic E-state index is -0.686. The Bertz CT molecular complexity index is 495. The normalized spacial score (nSPS) is 11.8. The van der Waals surface area contributed by atoms with Gasteiger partial charge in [0, 0.05) is 24.2 Å². The van der Waals surface area contributed by atoms with E-state index in [4.69, 9.17) is 0 Å². The lowest BCUT2D eigenvalue weighted by molar-refractivity contribution is -0.119. The molecule has 0 fully saturated rings. The molecule has 0 aromatic heterocycles. The van der Waals surface area contributed by atoms with Gasteiger partial charge in [-0.05, 0) is 19.9 Å². The maximum absolute atomic E-state index is 13.5. The number of carbonyl (C=O) groups excluding carboxylic acids is 2. The highest BCUT2D eigenvalue weighted by Crippen LogP contribution is 2.17. The lowest BCUT2D eigenvalue weighted by atomic mass is 10.1. The summed E-state index contributed by atoms with van der Waals surface area (Å²) in [4.78, 5) is 22.5. The lowest BCUT2D eigenvalue weighted by Crippen LogP contribution is -2.43.